The number of rotatable bonds is 3. The molecule has 1 N–H and O–H groups in total. The zero-order valence-corrected chi connectivity index (χ0v) is 12.6. The Kier molecular flexibility index (Phi) is 4.43. The second kappa shape index (κ2) is 5.73. The van der Waals surface area contributed by atoms with Crippen LogP contribution in [0.4, 0.5) is 18.9 Å². The van der Waals surface area contributed by atoms with Gasteiger partial charge in [0.1, 0.15) is 0 Å². The standard InChI is InChI=1S/C12H8BrClF3NS/c13-9-3-4-19-11(9)6-18-7-1-2-10(14)8(5-7)12(15,16)17/h1-5,18H,6H2. The first-order valence-corrected chi connectivity index (χ1v) is 7.25. The smallest absolute Gasteiger partial charge is 0.380 e. The van der Waals surface area contributed by atoms with Crippen LogP contribution in [0.2, 0.25) is 5.02 Å². The van der Waals surface area contributed by atoms with Crippen LogP contribution in [-0.2, 0) is 12.7 Å². The van der Waals surface area contributed by atoms with Gasteiger partial charge in [-0.1, -0.05) is 11.6 Å². The fourth-order valence-corrected chi connectivity index (χ4v) is 3.14. The number of thiophene rings is 1. The van der Waals surface area contributed by atoms with E-state index in [1.807, 2.05) is 11.4 Å². The minimum Gasteiger partial charge on any atom is -0.380 e. The highest BCUT2D eigenvalue weighted by atomic mass is 79.9. The summed E-state index contributed by atoms with van der Waals surface area (Å²) < 4.78 is 39.0. The topological polar surface area (TPSA) is 12.0 Å². The molecule has 0 saturated heterocycles. The largest absolute Gasteiger partial charge is 0.417 e. The molecule has 1 nitrogen and oxygen atoms in total. The molecule has 0 amide bonds. The minimum absolute atomic E-state index is 0.296. The SMILES string of the molecule is FC(F)(F)c1cc(NCc2sccc2Br)ccc1Cl. The van der Waals surface area contributed by atoms with Gasteiger partial charge >= 0.3 is 6.18 Å². The maximum atomic E-state index is 12.7. The van der Waals surface area contributed by atoms with Gasteiger partial charge in [0.05, 0.1) is 17.1 Å². The van der Waals surface area contributed by atoms with Crippen LogP contribution in [0, 0.1) is 0 Å². The van der Waals surface area contributed by atoms with Crippen molar-refractivity contribution in [2.45, 2.75) is 12.7 Å². The van der Waals surface area contributed by atoms with Gasteiger partial charge in [0.15, 0.2) is 0 Å². The molecule has 1 heterocycles. The van der Waals surface area contributed by atoms with Gasteiger partial charge in [0.25, 0.3) is 0 Å². The first kappa shape index (κ1) is 14.7. The van der Waals surface area contributed by atoms with Gasteiger partial charge in [0.2, 0.25) is 0 Å². The molecule has 0 aliphatic heterocycles. The average molecular weight is 371 g/mol. The Morgan fingerprint density at radius 1 is 1.26 bits per heavy atom. The molecule has 0 bridgehead atoms. The minimum atomic E-state index is -4.45. The second-order valence-electron chi connectivity index (χ2n) is 3.74. The van der Waals surface area contributed by atoms with E-state index in [0.29, 0.717) is 12.2 Å². The molecule has 0 saturated carbocycles. The third kappa shape index (κ3) is 3.64. The fourth-order valence-electron chi connectivity index (χ4n) is 1.49. The predicted octanol–water partition coefficient (Wildman–Crippen LogP) is 5.79. The number of hydrogen-bond acceptors (Lipinski definition) is 2. The lowest BCUT2D eigenvalue weighted by molar-refractivity contribution is -0.137. The lowest BCUT2D eigenvalue weighted by Crippen LogP contribution is -2.07. The van der Waals surface area contributed by atoms with Gasteiger partial charge in [-0.25, -0.2) is 0 Å². The fraction of sp³-hybridized carbons (Fsp3) is 0.167. The summed E-state index contributed by atoms with van der Waals surface area (Å²) in [5, 5.41) is 4.56. The number of hydrogen-bond donors (Lipinski definition) is 1. The Labute approximate surface area is 125 Å². The van der Waals surface area contributed by atoms with E-state index in [0.717, 1.165) is 15.4 Å². The third-order valence-electron chi connectivity index (χ3n) is 2.42. The van der Waals surface area contributed by atoms with Gasteiger partial charge in [-0.2, -0.15) is 13.2 Å². The Balaban J connectivity index is 2.16. The summed E-state index contributed by atoms with van der Waals surface area (Å²) in [6.07, 6.45) is -4.45. The zero-order chi connectivity index (χ0) is 14.0. The molecule has 2 aromatic rings. The average Bonchev–Trinajstić information content (AvgIpc) is 2.72. The Hall–Kier alpha value is -0.720. The molecule has 1 aromatic heterocycles. The molecule has 1 aromatic carbocycles. The quantitative estimate of drug-likeness (QED) is 0.720. The van der Waals surface area contributed by atoms with Crippen LogP contribution in [0.1, 0.15) is 10.4 Å². The van der Waals surface area contributed by atoms with E-state index in [9.17, 15) is 13.2 Å². The van der Waals surface area contributed by atoms with Crippen molar-refractivity contribution in [2.75, 3.05) is 5.32 Å². The van der Waals surface area contributed by atoms with Crippen LogP contribution in [0.15, 0.2) is 34.1 Å². The highest BCUT2D eigenvalue weighted by molar-refractivity contribution is 9.10. The molecule has 19 heavy (non-hydrogen) atoms. The van der Waals surface area contributed by atoms with Gasteiger partial charge in [0, 0.05) is 15.0 Å². The van der Waals surface area contributed by atoms with E-state index < -0.39 is 11.7 Å². The van der Waals surface area contributed by atoms with Crippen molar-refractivity contribution in [3.8, 4) is 0 Å². The van der Waals surface area contributed by atoms with Crippen molar-refractivity contribution in [1.82, 2.24) is 0 Å². The van der Waals surface area contributed by atoms with Crippen molar-refractivity contribution in [1.29, 1.82) is 0 Å². The maximum Gasteiger partial charge on any atom is 0.417 e. The van der Waals surface area contributed by atoms with Crippen LogP contribution in [0.25, 0.3) is 0 Å². The van der Waals surface area contributed by atoms with E-state index >= 15 is 0 Å². The number of halogens is 5. The second-order valence-corrected chi connectivity index (χ2v) is 6.00. The summed E-state index contributed by atoms with van der Waals surface area (Å²) in [4.78, 5) is 1.02. The number of benzene rings is 1. The Morgan fingerprint density at radius 3 is 2.58 bits per heavy atom. The van der Waals surface area contributed by atoms with E-state index in [-0.39, 0.29) is 5.02 Å². The third-order valence-corrected chi connectivity index (χ3v) is 4.67. The molecule has 0 atom stereocenters. The Bertz CT molecular complexity index is 583. The van der Waals surface area contributed by atoms with Gasteiger partial charge in [-0.3, -0.25) is 0 Å². The normalized spacial score (nSPS) is 11.6. The molecule has 0 spiro atoms. The molecule has 0 aliphatic carbocycles. The predicted molar refractivity (Wildman–Crippen MR) is 75.8 cm³/mol. The van der Waals surface area contributed by atoms with Crippen molar-refractivity contribution >= 4 is 44.6 Å². The van der Waals surface area contributed by atoms with Crippen LogP contribution >= 0.6 is 38.9 Å². The van der Waals surface area contributed by atoms with Crippen LogP contribution < -0.4 is 5.32 Å². The molecular formula is C12H8BrClF3NS. The van der Waals surface area contributed by atoms with Crippen LogP contribution in [-0.4, -0.2) is 0 Å². The number of anilines is 1. The molecule has 7 heteroatoms. The summed E-state index contributed by atoms with van der Waals surface area (Å²) in [6, 6.07) is 5.68. The molecule has 2 rings (SSSR count). The number of nitrogens with one attached hydrogen (secondary N) is 1. The highest BCUT2D eigenvalue weighted by Crippen LogP contribution is 2.36. The van der Waals surface area contributed by atoms with Crippen molar-refractivity contribution < 1.29 is 13.2 Å². The van der Waals surface area contributed by atoms with Crippen LogP contribution in [0.5, 0.6) is 0 Å². The first-order chi connectivity index (χ1) is 8.88. The lowest BCUT2D eigenvalue weighted by atomic mass is 10.2. The zero-order valence-electron chi connectivity index (χ0n) is 9.39. The Morgan fingerprint density at radius 2 is 2.00 bits per heavy atom. The summed E-state index contributed by atoms with van der Waals surface area (Å²) in [5.41, 5.74) is -0.443. The molecule has 0 aliphatic rings. The monoisotopic (exact) mass is 369 g/mol. The lowest BCUT2D eigenvalue weighted by Gasteiger charge is -2.12. The molecule has 102 valence electrons. The van der Waals surface area contributed by atoms with Crippen molar-refractivity contribution in [2.24, 2.45) is 0 Å². The van der Waals surface area contributed by atoms with Gasteiger partial charge < -0.3 is 5.32 Å². The van der Waals surface area contributed by atoms with Crippen molar-refractivity contribution in [3.63, 3.8) is 0 Å². The summed E-state index contributed by atoms with van der Waals surface area (Å²) >= 11 is 10.4. The molecule has 0 radical (unpaired) electrons. The van der Waals surface area contributed by atoms with E-state index in [2.05, 4.69) is 21.2 Å². The van der Waals surface area contributed by atoms with E-state index in [1.54, 1.807) is 0 Å². The van der Waals surface area contributed by atoms with Crippen LogP contribution in [0.3, 0.4) is 0 Å². The highest BCUT2D eigenvalue weighted by Gasteiger charge is 2.33. The summed E-state index contributed by atoms with van der Waals surface area (Å²) in [6.45, 7) is 0.456. The molecular weight excluding hydrogens is 363 g/mol. The molecule has 0 fully saturated rings. The van der Waals surface area contributed by atoms with Gasteiger partial charge in [-0.15, -0.1) is 11.3 Å². The number of alkyl halides is 3. The van der Waals surface area contributed by atoms with E-state index in [1.165, 1.54) is 23.5 Å². The maximum absolute atomic E-state index is 12.7. The summed E-state index contributed by atoms with van der Waals surface area (Å²) in [5.74, 6) is 0. The summed E-state index contributed by atoms with van der Waals surface area (Å²) in [7, 11) is 0. The molecule has 0 unspecified atom stereocenters. The first-order valence-electron chi connectivity index (χ1n) is 5.20. The van der Waals surface area contributed by atoms with Crippen molar-refractivity contribution in [3.05, 3.63) is 49.6 Å². The van der Waals surface area contributed by atoms with E-state index in [4.69, 9.17) is 11.6 Å². The van der Waals surface area contributed by atoms with Gasteiger partial charge in [-0.05, 0) is 45.6 Å².